The molecule has 3 rings (SSSR count). The van der Waals surface area contributed by atoms with Crippen LogP contribution in [0.1, 0.15) is 55.1 Å². The smallest absolute Gasteiger partial charge is 0.412 e. The molecule has 0 saturated carbocycles. The Morgan fingerprint density at radius 2 is 1.37 bits per heavy atom. The second kappa shape index (κ2) is 13.1. The fraction of sp³-hybridized carbons (Fsp3) is 0.276. The van der Waals surface area contributed by atoms with Gasteiger partial charge in [-0.05, 0) is 100 Å². The number of carbonyl (C=O) groups excluding carboxylic acids is 3. The molecule has 3 aromatic rings. The van der Waals surface area contributed by atoms with Gasteiger partial charge >= 0.3 is 6.09 Å². The van der Waals surface area contributed by atoms with Crippen LogP contribution in [0.15, 0.2) is 54.6 Å². The van der Waals surface area contributed by atoms with Crippen molar-refractivity contribution in [2.45, 2.75) is 50.5 Å². The van der Waals surface area contributed by atoms with Gasteiger partial charge in [-0.2, -0.15) is 0 Å². The van der Waals surface area contributed by atoms with E-state index in [4.69, 9.17) is 62.7 Å². The van der Waals surface area contributed by atoms with E-state index < -0.39 is 33.8 Å². The zero-order valence-electron chi connectivity index (χ0n) is 22.8. The molecule has 0 aliphatic carbocycles. The van der Waals surface area contributed by atoms with E-state index in [1.807, 2.05) is 0 Å². The van der Waals surface area contributed by atoms with Gasteiger partial charge in [-0.25, -0.2) is 4.79 Å². The Hall–Kier alpha value is -2.68. The minimum Gasteiger partial charge on any atom is -0.444 e. The molecular weight excluding hydrogens is 632 g/mol. The molecule has 0 aliphatic heterocycles. The molecule has 0 spiro atoms. The summed E-state index contributed by atoms with van der Waals surface area (Å²) >= 11 is 31.3. The number of aryl methyl sites for hydroxylation is 1. The number of nitrogens with one attached hydrogen (secondary N) is 3. The van der Waals surface area contributed by atoms with Gasteiger partial charge in [0, 0.05) is 27.1 Å². The number of hydrogen-bond acceptors (Lipinski definition) is 4. The van der Waals surface area contributed by atoms with E-state index in [1.54, 1.807) is 64.1 Å². The summed E-state index contributed by atoms with van der Waals surface area (Å²) in [5.74, 6) is -2.11. The van der Waals surface area contributed by atoms with Crippen molar-refractivity contribution in [1.29, 1.82) is 0 Å². The number of alkyl halides is 2. The molecule has 0 aliphatic rings. The van der Waals surface area contributed by atoms with Gasteiger partial charge in [0.1, 0.15) is 9.93 Å². The van der Waals surface area contributed by atoms with Crippen molar-refractivity contribution < 1.29 is 19.1 Å². The van der Waals surface area contributed by atoms with Crippen LogP contribution in [0.2, 0.25) is 15.1 Å². The molecule has 0 saturated heterocycles. The number of ether oxygens (including phenoxy) is 1. The Morgan fingerprint density at radius 3 is 1.93 bits per heavy atom. The Bertz CT molecular complexity index is 1460. The van der Waals surface area contributed by atoms with Crippen LogP contribution in [0.25, 0.3) is 0 Å². The van der Waals surface area contributed by atoms with Crippen molar-refractivity contribution in [2.24, 2.45) is 0 Å². The fourth-order valence-electron chi connectivity index (χ4n) is 3.90. The number of rotatable bonds is 7. The van der Waals surface area contributed by atoms with Crippen molar-refractivity contribution in [1.82, 2.24) is 0 Å². The van der Waals surface area contributed by atoms with Gasteiger partial charge in [0.25, 0.3) is 5.91 Å². The first-order chi connectivity index (χ1) is 18.9. The highest BCUT2D eigenvalue weighted by Gasteiger charge is 2.38. The predicted molar refractivity (Wildman–Crippen MR) is 168 cm³/mol. The number of halogens is 5. The van der Waals surface area contributed by atoms with Crippen molar-refractivity contribution in [3.63, 3.8) is 0 Å². The van der Waals surface area contributed by atoms with Crippen LogP contribution in [-0.4, -0.2) is 27.8 Å². The Labute approximate surface area is 263 Å². The maximum Gasteiger partial charge on any atom is 0.412 e. The summed E-state index contributed by atoms with van der Waals surface area (Å²) in [7, 11) is 0. The third kappa shape index (κ3) is 9.42. The zero-order chi connectivity index (χ0) is 30.7. The molecule has 0 fully saturated rings. The van der Waals surface area contributed by atoms with Gasteiger partial charge in [0.05, 0.1) is 16.5 Å². The maximum atomic E-state index is 13.3. The highest BCUT2D eigenvalue weighted by molar-refractivity contribution is 6.50. The molecule has 0 aromatic heterocycles. The topological polar surface area (TPSA) is 96.5 Å². The summed E-state index contributed by atoms with van der Waals surface area (Å²) in [6.45, 7) is 8.55. The standard InChI is InChI=1S/C29H28Cl5N3O4/c1-15-10-19(36-27(40)41-28(2,3)4)7-9-23(15)37-25(38)21-14-20(6-8-22(21)32)35-26(39)24(29(5,33)34)16-11-17(30)13-18(31)12-16/h6-14,24H,1-5H3,(H,35,39)(H,36,40)(H,37,38). The van der Waals surface area contributed by atoms with E-state index in [1.165, 1.54) is 25.1 Å². The largest absolute Gasteiger partial charge is 0.444 e. The molecule has 3 amide bonds. The lowest BCUT2D eigenvalue weighted by molar-refractivity contribution is -0.117. The van der Waals surface area contributed by atoms with Crippen LogP contribution >= 0.6 is 58.0 Å². The molecule has 1 unspecified atom stereocenters. The van der Waals surface area contributed by atoms with Crippen LogP contribution in [0.4, 0.5) is 21.9 Å². The summed E-state index contributed by atoms with van der Waals surface area (Å²) in [5.41, 5.74) is 1.85. The number of anilines is 3. The summed E-state index contributed by atoms with van der Waals surface area (Å²) in [4.78, 5) is 38.6. The molecular formula is C29H28Cl5N3O4. The van der Waals surface area contributed by atoms with Crippen LogP contribution in [0, 0.1) is 6.92 Å². The van der Waals surface area contributed by atoms with Crippen molar-refractivity contribution in [3.8, 4) is 0 Å². The minimum atomic E-state index is -1.52. The average molecular weight is 660 g/mol. The second-order valence-corrected chi connectivity index (χ2v) is 13.4. The van der Waals surface area contributed by atoms with E-state index in [2.05, 4.69) is 16.0 Å². The lowest BCUT2D eigenvalue weighted by Gasteiger charge is -2.26. The second-order valence-electron chi connectivity index (χ2n) is 10.4. The van der Waals surface area contributed by atoms with Crippen molar-refractivity contribution in [2.75, 3.05) is 16.0 Å². The summed E-state index contributed by atoms with van der Waals surface area (Å²) < 4.78 is 3.74. The van der Waals surface area contributed by atoms with Gasteiger partial charge in [0.2, 0.25) is 5.91 Å². The normalized spacial score (nSPS) is 12.3. The number of hydrogen-bond donors (Lipinski definition) is 3. The number of amides is 3. The Balaban J connectivity index is 1.79. The van der Waals surface area contributed by atoms with Crippen LogP contribution < -0.4 is 16.0 Å². The predicted octanol–water partition coefficient (Wildman–Crippen LogP) is 9.47. The van der Waals surface area contributed by atoms with E-state index in [-0.39, 0.29) is 16.3 Å². The average Bonchev–Trinajstić information content (AvgIpc) is 2.79. The third-order valence-electron chi connectivity index (χ3n) is 5.59. The molecule has 0 radical (unpaired) electrons. The molecule has 12 heteroatoms. The molecule has 218 valence electrons. The monoisotopic (exact) mass is 657 g/mol. The van der Waals surface area contributed by atoms with E-state index in [9.17, 15) is 14.4 Å². The maximum absolute atomic E-state index is 13.3. The lowest BCUT2D eigenvalue weighted by Crippen LogP contribution is -2.32. The number of benzene rings is 3. The van der Waals surface area contributed by atoms with E-state index in [0.717, 1.165) is 0 Å². The van der Waals surface area contributed by atoms with Crippen LogP contribution in [-0.2, 0) is 9.53 Å². The molecule has 0 heterocycles. The first kappa shape index (κ1) is 32.8. The van der Waals surface area contributed by atoms with Crippen molar-refractivity contribution in [3.05, 3.63) is 86.4 Å². The number of carbonyl (C=O) groups is 3. The van der Waals surface area contributed by atoms with Gasteiger partial charge in [-0.3, -0.25) is 14.9 Å². The summed E-state index contributed by atoms with van der Waals surface area (Å²) in [6, 6.07) is 14.1. The summed E-state index contributed by atoms with van der Waals surface area (Å²) in [5, 5.41) is 9.00. The summed E-state index contributed by atoms with van der Waals surface area (Å²) in [6.07, 6.45) is -0.594. The Kier molecular flexibility index (Phi) is 10.5. The SMILES string of the molecule is Cc1cc(NC(=O)OC(C)(C)C)ccc1NC(=O)c1cc(NC(=O)C(c2cc(Cl)cc(Cl)c2)C(C)(Cl)Cl)ccc1Cl. The third-order valence-corrected chi connectivity index (χ3v) is 6.79. The highest BCUT2D eigenvalue weighted by Crippen LogP contribution is 2.40. The van der Waals surface area contributed by atoms with Crippen LogP contribution in [0.3, 0.4) is 0 Å². The molecule has 3 N–H and O–H groups in total. The van der Waals surface area contributed by atoms with Gasteiger partial charge in [-0.15, -0.1) is 23.2 Å². The Morgan fingerprint density at radius 1 is 0.780 bits per heavy atom. The lowest BCUT2D eigenvalue weighted by atomic mass is 9.94. The molecule has 3 aromatic carbocycles. The van der Waals surface area contributed by atoms with Gasteiger partial charge < -0.3 is 15.4 Å². The first-order valence-corrected chi connectivity index (χ1v) is 14.2. The zero-order valence-corrected chi connectivity index (χ0v) is 26.6. The van der Waals surface area contributed by atoms with Gasteiger partial charge in [-0.1, -0.05) is 34.8 Å². The molecule has 0 bridgehead atoms. The quantitative estimate of drug-likeness (QED) is 0.220. The van der Waals surface area contributed by atoms with Gasteiger partial charge in [0.15, 0.2) is 0 Å². The first-order valence-electron chi connectivity index (χ1n) is 12.3. The van der Waals surface area contributed by atoms with E-state index in [0.29, 0.717) is 32.5 Å². The molecule has 7 nitrogen and oxygen atoms in total. The van der Waals surface area contributed by atoms with Crippen molar-refractivity contribution >= 4 is 93.0 Å². The van der Waals surface area contributed by atoms with Crippen LogP contribution in [0.5, 0.6) is 0 Å². The van der Waals surface area contributed by atoms with E-state index >= 15 is 0 Å². The highest BCUT2D eigenvalue weighted by atomic mass is 35.5. The minimum absolute atomic E-state index is 0.113. The molecule has 1 atom stereocenters. The fourth-order valence-corrected chi connectivity index (χ4v) is 5.10. The molecule has 41 heavy (non-hydrogen) atoms.